The molecule has 1 amide bonds. The number of likely N-dealkylation sites (tertiary alicyclic amines) is 1. The Kier molecular flexibility index (Phi) is 5.30. The molecule has 0 N–H and O–H groups in total. The lowest BCUT2D eigenvalue weighted by atomic mass is 10.0. The maximum absolute atomic E-state index is 11.9. The van der Waals surface area contributed by atoms with E-state index in [-0.39, 0.29) is 30.9 Å². The lowest BCUT2D eigenvalue weighted by Crippen LogP contribution is -2.43. The van der Waals surface area contributed by atoms with Crippen molar-refractivity contribution in [2.75, 3.05) is 19.7 Å². The normalized spacial score (nSPS) is 18.1. The van der Waals surface area contributed by atoms with Crippen molar-refractivity contribution in [2.45, 2.75) is 39.7 Å². The number of ether oxygens (including phenoxy) is 2. The Morgan fingerprint density at radius 2 is 2.00 bits per heavy atom. The van der Waals surface area contributed by atoms with Gasteiger partial charge in [0.15, 0.2) is 5.78 Å². The third-order valence-electron chi connectivity index (χ3n) is 2.56. The zero-order valence-corrected chi connectivity index (χ0v) is 12.4. The van der Waals surface area contributed by atoms with Crippen molar-refractivity contribution >= 4 is 17.8 Å². The van der Waals surface area contributed by atoms with Gasteiger partial charge in [0.2, 0.25) is 0 Å². The molecule has 0 saturated carbocycles. The lowest BCUT2D eigenvalue weighted by molar-refractivity contribution is -0.137. The highest BCUT2D eigenvalue weighted by Gasteiger charge is 2.29. The molecule has 0 aliphatic carbocycles. The molecule has 1 aliphatic rings. The smallest absolute Gasteiger partial charge is 0.410 e. The minimum Gasteiger partial charge on any atom is -0.463 e. The number of ketones is 1. The van der Waals surface area contributed by atoms with E-state index >= 15 is 0 Å². The molecule has 1 heterocycles. The van der Waals surface area contributed by atoms with Gasteiger partial charge in [0, 0.05) is 24.6 Å². The Balaban J connectivity index is 2.73. The van der Waals surface area contributed by atoms with Gasteiger partial charge < -0.3 is 14.4 Å². The van der Waals surface area contributed by atoms with Crippen molar-refractivity contribution in [2.24, 2.45) is 0 Å². The van der Waals surface area contributed by atoms with Gasteiger partial charge in [-0.05, 0) is 27.7 Å². The van der Waals surface area contributed by atoms with Crippen LogP contribution in [0.15, 0.2) is 11.6 Å². The largest absolute Gasteiger partial charge is 0.463 e. The quantitative estimate of drug-likeness (QED) is 0.569. The summed E-state index contributed by atoms with van der Waals surface area (Å²) in [4.78, 5) is 36.5. The van der Waals surface area contributed by atoms with Crippen LogP contribution in [-0.4, -0.2) is 48.0 Å². The summed E-state index contributed by atoms with van der Waals surface area (Å²) in [5, 5.41) is 0. The Morgan fingerprint density at radius 3 is 2.55 bits per heavy atom. The average Bonchev–Trinajstić information content (AvgIpc) is 2.30. The summed E-state index contributed by atoms with van der Waals surface area (Å²) >= 11 is 0. The SMILES string of the molecule is CCOC(=O)C=C1CN(C(=O)OC(C)(C)C)CCC1=O. The number of rotatable bonds is 2. The van der Waals surface area contributed by atoms with E-state index in [4.69, 9.17) is 9.47 Å². The average molecular weight is 283 g/mol. The van der Waals surface area contributed by atoms with Gasteiger partial charge in [0.25, 0.3) is 0 Å². The number of hydrogen-bond donors (Lipinski definition) is 0. The second-order valence-electron chi connectivity index (χ2n) is 5.50. The van der Waals surface area contributed by atoms with Gasteiger partial charge in [-0.15, -0.1) is 0 Å². The molecule has 0 radical (unpaired) electrons. The number of carbonyl (C=O) groups excluding carboxylic acids is 3. The van der Waals surface area contributed by atoms with Crippen LogP contribution in [0.1, 0.15) is 34.1 Å². The molecule has 1 saturated heterocycles. The van der Waals surface area contributed by atoms with Crippen LogP contribution in [-0.2, 0) is 19.1 Å². The van der Waals surface area contributed by atoms with E-state index in [1.807, 2.05) is 0 Å². The van der Waals surface area contributed by atoms with Gasteiger partial charge >= 0.3 is 12.1 Å². The fourth-order valence-electron chi connectivity index (χ4n) is 1.70. The van der Waals surface area contributed by atoms with Crippen molar-refractivity contribution in [1.82, 2.24) is 4.90 Å². The minimum absolute atomic E-state index is 0.0760. The van der Waals surface area contributed by atoms with Crippen molar-refractivity contribution in [1.29, 1.82) is 0 Å². The van der Waals surface area contributed by atoms with E-state index in [2.05, 4.69) is 0 Å². The molecule has 0 atom stereocenters. The van der Waals surface area contributed by atoms with Crippen molar-refractivity contribution in [3.05, 3.63) is 11.6 Å². The molecule has 0 aromatic rings. The van der Waals surface area contributed by atoms with E-state index in [9.17, 15) is 14.4 Å². The van der Waals surface area contributed by atoms with Crippen LogP contribution in [0.4, 0.5) is 4.79 Å². The number of amides is 1. The highest BCUT2D eigenvalue weighted by atomic mass is 16.6. The fraction of sp³-hybridized carbons (Fsp3) is 0.643. The van der Waals surface area contributed by atoms with E-state index in [0.717, 1.165) is 6.08 Å². The predicted molar refractivity (Wildman–Crippen MR) is 72.1 cm³/mol. The van der Waals surface area contributed by atoms with Crippen molar-refractivity contribution < 1.29 is 23.9 Å². The molecule has 0 aromatic carbocycles. The summed E-state index contributed by atoms with van der Waals surface area (Å²) in [7, 11) is 0. The van der Waals surface area contributed by atoms with Gasteiger partial charge in [0.1, 0.15) is 5.60 Å². The molecular weight excluding hydrogens is 262 g/mol. The lowest BCUT2D eigenvalue weighted by Gasteiger charge is -2.30. The highest BCUT2D eigenvalue weighted by molar-refractivity contribution is 6.02. The van der Waals surface area contributed by atoms with Gasteiger partial charge in [-0.3, -0.25) is 4.79 Å². The molecule has 0 spiro atoms. The Labute approximate surface area is 118 Å². The summed E-state index contributed by atoms with van der Waals surface area (Å²) in [6, 6.07) is 0. The van der Waals surface area contributed by atoms with Gasteiger partial charge in [-0.25, -0.2) is 9.59 Å². The first-order chi connectivity index (χ1) is 9.23. The number of hydrogen-bond acceptors (Lipinski definition) is 5. The number of carbonyl (C=O) groups is 3. The zero-order chi connectivity index (χ0) is 15.3. The molecular formula is C14H21NO5. The molecule has 6 nitrogen and oxygen atoms in total. The van der Waals surface area contributed by atoms with Crippen LogP contribution in [0.25, 0.3) is 0 Å². The molecule has 6 heteroatoms. The Morgan fingerprint density at radius 1 is 1.35 bits per heavy atom. The molecule has 0 unspecified atom stereocenters. The van der Waals surface area contributed by atoms with E-state index in [1.165, 1.54) is 4.90 Å². The topological polar surface area (TPSA) is 72.9 Å². The molecule has 1 fully saturated rings. The minimum atomic E-state index is -0.594. The number of piperidine rings is 1. The van der Waals surface area contributed by atoms with Crippen LogP contribution < -0.4 is 0 Å². The third-order valence-corrected chi connectivity index (χ3v) is 2.56. The van der Waals surface area contributed by atoms with Crippen LogP contribution >= 0.6 is 0 Å². The maximum Gasteiger partial charge on any atom is 0.410 e. The van der Waals surface area contributed by atoms with Crippen LogP contribution in [0.3, 0.4) is 0 Å². The van der Waals surface area contributed by atoms with E-state index < -0.39 is 17.7 Å². The summed E-state index contributed by atoms with van der Waals surface area (Å²) in [5.74, 6) is -0.709. The van der Waals surface area contributed by atoms with Gasteiger partial charge in [0.05, 0.1) is 13.2 Å². The van der Waals surface area contributed by atoms with Crippen molar-refractivity contribution in [3.63, 3.8) is 0 Å². The zero-order valence-electron chi connectivity index (χ0n) is 12.4. The first-order valence-corrected chi connectivity index (χ1v) is 6.61. The van der Waals surface area contributed by atoms with E-state index in [0.29, 0.717) is 6.54 Å². The Hall–Kier alpha value is -1.85. The van der Waals surface area contributed by atoms with Crippen molar-refractivity contribution in [3.8, 4) is 0 Å². The first kappa shape index (κ1) is 16.2. The van der Waals surface area contributed by atoms with E-state index in [1.54, 1.807) is 27.7 Å². The molecule has 1 rings (SSSR count). The first-order valence-electron chi connectivity index (χ1n) is 6.61. The number of Topliss-reactive ketones (excluding diaryl/α,β-unsaturated/α-hetero) is 1. The monoisotopic (exact) mass is 283 g/mol. The highest BCUT2D eigenvalue weighted by Crippen LogP contribution is 2.16. The third kappa shape index (κ3) is 5.03. The molecule has 0 aromatic heterocycles. The van der Waals surface area contributed by atoms with Gasteiger partial charge in [-0.2, -0.15) is 0 Å². The van der Waals surface area contributed by atoms with Gasteiger partial charge in [-0.1, -0.05) is 0 Å². The summed E-state index contributed by atoms with van der Waals surface area (Å²) in [6.07, 6.45) is 0.854. The number of nitrogens with zero attached hydrogens (tertiary/aromatic N) is 1. The molecule has 1 aliphatic heterocycles. The van der Waals surface area contributed by atoms with Crippen LogP contribution in [0.5, 0.6) is 0 Å². The summed E-state index contributed by atoms with van der Waals surface area (Å²) < 4.78 is 10.0. The Bertz CT molecular complexity index is 433. The second-order valence-corrected chi connectivity index (χ2v) is 5.50. The fourth-order valence-corrected chi connectivity index (χ4v) is 1.70. The van der Waals surface area contributed by atoms with Crippen LogP contribution in [0.2, 0.25) is 0 Å². The molecule has 112 valence electrons. The number of esters is 1. The second kappa shape index (κ2) is 6.54. The maximum atomic E-state index is 11.9. The predicted octanol–water partition coefficient (Wildman–Crippen LogP) is 1.69. The molecule has 20 heavy (non-hydrogen) atoms. The molecule has 0 bridgehead atoms. The summed E-state index contributed by atoms with van der Waals surface area (Å²) in [5.41, 5.74) is -0.315. The standard InChI is InChI=1S/C14H21NO5/c1-5-19-12(17)8-10-9-15(7-6-11(10)16)13(18)20-14(2,3)4/h8H,5-7,9H2,1-4H3. The van der Waals surface area contributed by atoms with Crippen LogP contribution in [0, 0.1) is 0 Å². The summed E-state index contributed by atoms with van der Waals surface area (Å²) in [6.45, 7) is 7.62.